The zero-order valence-corrected chi connectivity index (χ0v) is 14.9. The zero-order chi connectivity index (χ0) is 18.2. The molecule has 0 bridgehead atoms. The molecule has 3 rings (SSSR count). The van der Waals surface area contributed by atoms with Crippen LogP contribution in [0, 0.1) is 19.7 Å². The number of halogens is 1. The molecule has 0 radical (unpaired) electrons. The molecular formula is C17H20FN3O3S. The number of carbonyl (C=O) groups is 1. The molecule has 0 atom stereocenters. The van der Waals surface area contributed by atoms with E-state index in [4.69, 9.17) is 0 Å². The van der Waals surface area contributed by atoms with Gasteiger partial charge < -0.3 is 9.88 Å². The van der Waals surface area contributed by atoms with E-state index < -0.39 is 15.8 Å². The van der Waals surface area contributed by atoms with E-state index in [0.29, 0.717) is 24.5 Å². The summed E-state index contributed by atoms with van der Waals surface area (Å²) in [6.45, 7) is 4.48. The molecule has 0 aliphatic carbocycles. The molecule has 1 aromatic heterocycles. The molecule has 2 heterocycles. The van der Waals surface area contributed by atoms with Crippen LogP contribution in [0.25, 0.3) is 0 Å². The molecule has 6 nitrogen and oxygen atoms in total. The Morgan fingerprint density at radius 1 is 1.16 bits per heavy atom. The number of H-pyrrole nitrogens is 1. The third kappa shape index (κ3) is 3.26. The third-order valence-corrected chi connectivity index (χ3v) is 5.85. The number of rotatable bonds is 4. The summed E-state index contributed by atoms with van der Waals surface area (Å²) in [6, 6.07) is 5.51. The van der Waals surface area contributed by atoms with Crippen molar-refractivity contribution in [1.29, 1.82) is 0 Å². The predicted molar refractivity (Wildman–Crippen MR) is 92.6 cm³/mol. The van der Waals surface area contributed by atoms with Gasteiger partial charge in [0.15, 0.2) is 0 Å². The van der Waals surface area contributed by atoms with E-state index in [-0.39, 0.29) is 22.1 Å². The van der Waals surface area contributed by atoms with Crippen molar-refractivity contribution in [3.8, 4) is 0 Å². The van der Waals surface area contributed by atoms with E-state index in [1.807, 2.05) is 0 Å². The maximum Gasteiger partial charge on any atom is 0.264 e. The first-order chi connectivity index (χ1) is 11.8. The van der Waals surface area contributed by atoms with Crippen LogP contribution in [0.4, 0.5) is 10.1 Å². The minimum atomic E-state index is -4.12. The number of aryl methyl sites for hydroxylation is 2. The van der Waals surface area contributed by atoms with Gasteiger partial charge >= 0.3 is 0 Å². The highest BCUT2D eigenvalue weighted by Gasteiger charge is 2.32. The average Bonchev–Trinajstić information content (AvgIpc) is 3.16. The van der Waals surface area contributed by atoms with Gasteiger partial charge in [-0.1, -0.05) is 12.1 Å². The fourth-order valence-electron chi connectivity index (χ4n) is 3.17. The Kier molecular flexibility index (Phi) is 4.55. The number of amides is 1. The van der Waals surface area contributed by atoms with Gasteiger partial charge in [0.05, 0.1) is 11.3 Å². The molecule has 134 valence electrons. The van der Waals surface area contributed by atoms with Crippen molar-refractivity contribution >= 4 is 21.6 Å². The summed E-state index contributed by atoms with van der Waals surface area (Å²) in [5.74, 6) is -0.989. The second-order valence-electron chi connectivity index (χ2n) is 6.16. The Balaban J connectivity index is 2.04. The van der Waals surface area contributed by atoms with Gasteiger partial charge in [-0.15, -0.1) is 0 Å². The van der Waals surface area contributed by atoms with Gasteiger partial charge in [0.2, 0.25) is 0 Å². The number of sulfonamides is 1. The number of carbonyl (C=O) groups excluding carboxylic acids is 1. The molecule has 8 heteroatoms. The Hall–Kier alpha value is -2.35. The first kappa shape index (κ1) is 17.5. The van der Waals surface area contributed by atoms with Crippen LogP contribution in [0.1, 0.15) is 34.6 Å². The second kappa shape index (κ2) is 6.51. The molecule has 1 aromatic carbocycles. The maximum absolute atomic E-state index is 13.8. The highest BCUT2D eigenvalue weighted by Crippen LogP contribution is 2.28. The van der Waals surface area contributed by atoms with E-state index in [9.17, 15) is 17.6 Å². The van der Waals surface area contributed by atoms with E-state index >= 15 is 0 Å². The van der Waals surface area contributed by atoms with Crippen LogP contribution < -0.4 is 4.72 Å². The highest BCUT2D eigenvalue weighted by molar-refractivity contribution is 7.92. The lowest BCUT2D eigenvalue weighted by molar-refractivity contribution is 0.0788. The molecule has 0 unspecified atom stereocenters. The summed E-state index contributed by atoms with van der Waals surface area (Å²) in [5.41, 5.74) is 0.816. The van der Waals surface area contributed by atoms with Crippen molar-refractivity contribution in [2.75, 3.05) is 17.8 Å². The summed E-state index contributed by atoms with van der Waals surface area (Å²) < 4.78 is 41.8. The minimum absolute atomic E-state index is 0.120. The number of benzene rings is 1. The summed E-state index contributed by atoms with van der Waals surface area (Å²) in [4.78, 5) is 17.3. The smallest absolute Gasteiger partial charge is 0.264 e. The van der Waals surface area contributed by atoms with Crippen molar-refractivity contribution in [3.05, 3.63) is 47.0 Å². The van der Waals surface area contributed by atoms with Crippen LogP contribution >= 0.6 is 0 Å². The Morgan fingerprint density at radius 3 is 2.44 bits per heavy atom. The van der Waals surface area contributed by atoms with Gasteiger partial charge in [-0.05, 0) is 38.8 Å². The molecular weight excluding hydrogens is 345 g/mol. The van der Waals surface area contributed by atoms with Gasteiger partial charge in [0.1, 0.15) is 10.7 Å². The lowest BCUT2D eigenvalue weighted by atomic mass is 10.2. The molecule has 0 saturated carbocycles. The van der Waals surface area contributed by atoms with Crippen molar-refractivity contribution < 1.29 is 17.6 Å². The summed E-state index contributed by atoms with van der Waals surface area (Å²) in [6.07, 6.45) is 1.81. The quantitative estimate of drug-likeness (QED) is 0.874. The average molecular weight is 365 g/mol. The fraction of sp³-hybridized carbons (Fsp3) is 0.353. The number of aromatic nitrogens is 1. The monoisotopic (exact) mass is 365 g/mol. The fourth-order valence-corrected chi connectivity index (χ4v) is 4.69. The molecule has 1 amide bonds. The molecule has 1 fully saturated rings. The molecule has 2 aromatic rings. The van der Waals surface area contributed by atoms with Crippen LogP contribution in [0.5, 0.6) is 0 Å². The largest absolute Gasteiger partial charge is 0.361 e. The topological polar surface area (TPSA) is 82.3 Å². The van der Waals surface area contributed by atoms with E-state index in [1.54, 1.807) is 18.7 Å². The van der Waals surface area contributed by atoms with Crippen LogP contribution in [0.3, 0.4) is 0 Å². The number of anilines is 1. The van der Waals surface area contributed by atoms with Crippen LogP contribution in [-0.4, -0.2) is 37.3 Å². The van der Waals surface area contributed by atoms with E-state index in [1.165, 1.54) is 24.3 Å². The van der Waals surface area contributed by atoms with E-state index in [2.05, 4.69) is 9.71 Å². The molecule has 25 heavy (non-hydrogen) atoms. The van der Waals surface area contributed by atoms with Crippen LogP contribution in [0.15, 0.2) is 29.2 Å². The molecule has 1 saturated heterocycles. The van der Waals surface area contributed by atoms with Gasteiger partial charge in [-0.25, -0.2) is 12.8 Å². The number of nitrogens with one attached hydrogen (secondary N) is 2. The number of para-hydroxylation sites is 1. The van der Waals surface area contributed by atoms with Crippen molar-refractivity contribution in [2.24, 2.45) is 0 Å². The van der Waals surface area contributed by atoms with Gasteiger partial charge in [-0.2, -0.15) is 0 Å². The standard InChI is InChI=1S/C17H20FN3O3S/c1-11-15(17(22)21-9-5-6-10-21)16(12(2)19-11)25(23,24)20-14-8-4-3-7-13(14)18/h3-4,7-8,19-20H,5-6,9-10H2,1-2H3. The number of likely N-dealkylation sites (tertiary alicyclic amines) is 1. The molecule has 1 aliphatic rings. The minimum Gasteiger partial charge on any atom is -0.361 e. The summed E-state index contributed by atoms with van der Waals surface area (Å²) in [5, 5.41) is 0. The van der Waals surface area contributed by atoms with Crippen LogP contribution in [-0.2, 0) is 10.0 Å². The number of hydrogen-bond acceptors (Lipinski definition) is 3. The maximum atomic E-state index is 13.8. The third-order valence-electron chi connectivity index (χ3n) is 4.31. The summed E-state index contributed by atoms with van der Waals surface area (Å²) in [7, 11) is -4.12. The van der Waals surface area contributed by atoms with Gasteiger partial charge in [-0.3, -0.25) is 9.52 Å². The van der Waals surface area contributed by atoms with Gasteiger partial charge in [0.25, 0.3) is 15.9 Å². The summed E-state index contributed by atoms with van der Waals surface area (Å²) >= 11 is 0. The SMILES string of the molecule is Cc1[nH]c(C)c(S(=O)(=O)Nc2ccccc2F)c1C(=O)N1CCCC1. The lowest BCUT2D eigenvalue weighted by Gasteiger charge is -2.17. The first-order valence-electron chi connectivity index (χ1n) is 8.07. The van der Waals surface area contributed by atoms with E-state index in [0.717, 1.165) is 12.8 Å². The molecule has 1 aliphatic heterocycles. The Bertz CT molecular complexity index is 915. The first-order valence-corrected chi connectivity index (χ1v) is 9.55. The predicted octanol–water partition coefficient (Wildman–Crippen LogP) is 2.81. The van der Waals surface area contributed by atoms with Crippen LogP contribution in [0.2, 0.25) is 0 Å². The number of aromatic amines is 1. The Labute approximate surface area is 146 Å². The highest BCUT2D eigenvalue weighted by atomic mass is 32.2. The van der Waals surface area contributed by atoms with Crippen molar-refractivity contribution in [1.82, 2.24) is 9.88 Å². The zero-order valence-electron chi connectivity index (χ0n) is 14.1. The molecule has 0 spiro atoms. The Morgan fingerprint density at radius 2 is 1.80 bits per heavy atom. The number of nitrogens with zero attached hydrogens (tertiary/aromatic N) is 1. The second-order valence-corrected chi connectivity index (χ2v) is 7.78. The molecule has 2 N–H and O–H groups in total. The number of hydrogen-bond donors (Lipinski definition) is 2. The van der Waals surface area contributed by atoms with Crippen molar-refractivity contribution in [3.63, 3.8) is 0 Å². The lowest BCUT2D eigenvalue weighted by Crippen LogP contribution is -2.30. The van der Waals surface area contributed by atoms with Crippen molar-refractivity contribution in [2.45, 2.75) is 31.6 Å². The normalized spacial score (nSPS) is 14.8. The van der Waals surface area contributed by atoms with Gasteiger partial charge in [0, 0.05) is 24.5 Å².